The Hall–Kier alpha value is -2.42. The standard InChI is InChI=1S/C20H16ClF3N2O2S/c21-17-7-3-15(4-8-17)12-25(13-18-9-10-19(29-18)26(27)28)11-14-1-5-16(6-2-14)20(22,23)24/h1-10H,11-13H2. The van der Waals surface area contributed by atoms with Crippen LogP contribution < -0.4 is 0 Å². The lowest BCUT2D eigenvalue weighted by Gasteiger charge is -2.22. The summed E-state index contributed by atoms with van der Waals surface area (Å²) in [7, 11) is 0. The van der Waals surface area contributed by atoms with Gasteiger partial charge in [0.15, 0.2) is 0 Å². The Bertz CT molecular complexity index is 973. The van der Waals surface area contributed by atoms with Gasteiger partial charge >= 0.3 is 11.2 Å². The molecule has 0 saturated carbocycles. The number of benzene rings is 2. The van der Waals surface area contributed by atoms with E-state index >= 15 is 0 Å². The van der Waals surface area contributed by atoms with Crippen molar-refractivity contribution in [3.63, 3.8) is 0 Å². The maximum absolute atomic E-state index is 12.8. The zero-order valence-corrected chi connectivity index (χ0v) is 16.6. The molecule has 0 aliphatic carbocycles. The fraction of sp³-hybridized carbons (Fsp3) is 0.200. The molecule has 0 bridgehead atoms. The summed E-state index contributed by atoms with van der Waals surface area (Å²) >= 11 is 7.01. The summed E-state index contributed by atoms with van der Waals surface area (Å²) in [6, 6.07) is 15.5. The lowest BCUT2D eigenvalue weighted by molar-refractivity contribution is -0.380. The zero-order chi connectivity index (χ0) is 21.0. The van der Waals surface area contributed by atoms with Crippen LogP contribution in [0, 0.1) is 10.1 Å². The fourth-order valence-electron chi connectivity index (χ4n) is 2.84. The van der Waals surface area contributed by atoms with Gasteiger partial charge in [-0.1, -0.05) is 47.2 Å². The molecule has 1 heterocycles. The van der Waals surface area contributed by atoms with Crippen molar-refractivity contribution in [2.24, 2.45) is 0 Å². The highest BCUT2D eigenvalue weighted by Crippen LogP contribution is 2.30. The number of rotatable bonds is 7. The molecule has 4 nitrogen and oxygen atoms in total. The number of nitro groups is 1. The van der Waals surface area contributed by atoms with E-state index < -0.39 is 16.7 Å². The molecule has 0 saturated heterocycles. The van der Waals surface area contributed by atoms with Crippen molar-refractivity contribution in [3.8, 4) is 0 Å². The van der Waals surface area contributed by atoms with E-state index in [4.69, 9.17) is 11.6 Å². The molecule has 9 heteroatoms. The summed E-state index contributed by atoms with van der Waals surface area (Å²) < 4.78 is 38.3. The summed E-state index contributed by atoms with van der Waals surface area (Å²) in [5, 5.41) is 11.6. The normalized spacial score (nSPS) is 11.8. The van der Waals surface area contributed by atoms with Crippen LogP contribution in [0.25, 0.3) is 0 Å². The number of nitrogens with zero attached hydrogens (tertiary/aromatic N) is 2. The van der Waals surface area contributed by atoms with Gasteiger partial charge in [0.1, 0.15) is 0 Å². The number of alkyl halides is 3. The first-order chi connectivity index (χ1) is 13.7. The van der Waals surface area contributed by atoms with Crippen LogP contribution >= 0.6 is 22.9 Å². The lowest BCUT2D eigenvalue weighted by Crippen LogP contribution is -2.22. The molecular weight excluding hydrogens is 425 g/mol. The summed E-state index contributed by atoms with van der Waals surface area (Å²) in [5.74, 6) is 0. The Kier molecular flexibility index (Phi) is 6.56. The Morgan fingerprint density at radius 3 is 1.93 bits per heavy atom. The minimum absolute atomic E-state index is 0.0565. The van der Waals surface area contributed by atoms with E-state index in [-0.39, 0.29) is 5.00 Å². The molecule has 3 aromatic rings. The first-order valence-corrected chi connectivity index (χ1v) is 9.76. The van der Waals surface area contributed by atoms with E-state index in [0.717, 1.165) is 39.5 Å². The van der Waals surface area contributed by atoms with Crippen molar-refractivity contribution in [2.75, 3.05) is 0 Å². The highest BCUT2D eigenvalue weighted by molar-refractivity contribution is 7.15. The fourth-order valence-corrected chi connectivity index (χ4v) is 3.83. The van der Waals surface area contributed by atoms with Crippen molar-refractivity contribution in [1.29, 1.82) is 0 Å². The van der Waals surface area contributed by atoms with Gasteiger partial charge in [-0.2, -0.15) is 13.2 Å². The van der Waals surface area contributed by atoms with Crippen molar-refractivity contribution in [3.05, 3.63) is 97.4 Å². The van der Waals surface area contributed by atoms with Gasteiger partial charge in [-0.3, -0.25) is 15.0 Å². The van der Waals surface area contributed by atoms with E-state index in [9.17, 15) is 23.3 Å². The summed E-state index contributed by atoms with van der Waals surface area (Å²) in [4.78, 5) is 13.3. The quantitative estimate of drug-likeness (QED) is 0.310. The second-order valence-corrected chi connectivity index (χ2v) is 8.05. The number of hydrogen-bond acceptors (Lipinski definition) is 4. The van der Waals surface area contributed by atoms with Crippen LogP contribution in [-0.2, 0) is 25.8 Å². The molecule has 0 atom stereocenters. The predicted molar refractivity (Wildman–Crippen MR) is 107 cm³/mol. The molecule has 29 heavy (non-hydrogen) atoms. The van der Waals surface area contributed by atoms with Gasteiger partial charge in [0.2, 0.25) is 0 Å². The molecule has 0 spiro atoms. The van der Waals surface area contributed by atoms with Gasteiger partial charge in [0, 0.05) is 35.6 Å². The average molecular weight is 441 g/mol. The Morgan fingerprint density at radius 1 is 0.897 bits per heavy atom. The van der Waals surface area contributed by atoms with E-state index in [1.807, 2.05) is 17.0 Å². The van der Waals surface area contributed by atoms with Crippen molar-refractivity contribution >= 4 is 27.9 Å². The minimum Gasteiger partial charge on any atom is -0.290 e. The Balaban J connectivity index is 1.79. The van der Waals surface area contributed by atoms with Crippen LogP contribution in [0.4, 0.5) is 18.2 Å². The zero-order valence-electron chi connectivity index (χ0n) is 15.0. The summed E-state index contributed by atoms with van der Waals surface area (Å²) in [5.41, 5.74) is 1.00. The molecule has 1 aromatic heterocycles. The predicted octanol–water partition coefficient (Wildman–Crippen LogP) is 6.53. The molecule has 2 aromatic carbocycles. The highest BCUT2D eigenvalue weighted by Gasteiger charge is 2.30. The third-order valence-corrected chi connectivity index (χ3v) is 5.49. The van der Waals surface area contributed by atoms with Crippen molar-refractivity contribution < 1.29 is 18.1 Å². The molecule has 0 aliphatic rings. The molecule has 0 amide bonds. The van der Waals surface area contributed by atoms with Gasteiger partial charge in [-0.05, 0) is 41.5 Å². The van der Waals surface area contributed by atoms with Gasteiger partial charge in [-0.25, -0.2) is 0 Å². The Labute approximate surface area is 174 Å². The van der Waals surface area contributed by atoms with Gasteiger partial charge < -0.3 is 0 Å². The van der Waals surface area contributed by atoms with Gasteiger partial charge in [0.05, 0.1) is 10.5 Å². The minimum atomic E-state index is -4.38. The summed E-state index contributed by atoms with van der Waals surface area (Å²) in [6.45, 7) is 1.35. The van der Waals surface area contributed by atoms with Crippen LogP contribution in [-0.4, -0.2) is 9.82 Å². The van der Waals surface area contributed by atoms with E-state index in [0.29, 0.717) is 24.7 Å². The lowest BCUT2D eigenvalue weighted by atomic mass is 10.1. The maximum Gasteiger partial charge on any atom is 0.416 e. The second-order valence-electron chi connectivity index (χ2n) is 6.46. The van der Waals surface area contributed by atoms with Crippen LogP contribution in [0.5, 0.6) is 0 Å². The first-order valence-electron chi connectivity index (χ1n) is 8.57. The molecule has 152 valence electrons. The monoisotopic (exact) mass is 440 g/mol. The third-order valence-electron chi connectivity index (χ3n) is 4.21. The molecule has 0 fully saturated rings. The number of thiophene rings is 1. The van der Waals surface area contributed by atoms with Crippen LogP contribution in [0.2, 0.25) is 5.02 Å². The first kappa shape index (κ1) is 21.3. The number of halogens is 4. The van der Waals surface area contributed by atoms with Gasteiger partial charge in [0.25, 0.3) is 0 Å². The molecule has 0 N–H and O–H groups in total. The maximum atomic E-state index is 12.8. The summed E-state index contributed by atoms with van der Waals surface area (Å²) in [6.07, 6.45) is -4.38. The topological polar surface area (TPSA) is 46.4 Å². The average Bonchev–Trinajstić information content (AvgIpc) is 3.12. The Morgan fingerprint density at radius 2 is 1.45 bits per heavy atom. The third kappa shape index (κ3) is 6.03. The van der Waals surface area contributed by atoms with Crippen molar-refractivity contribution in [2.45, 2.75) is 25.8 Å². The van der Waals surface area contributed by atoms with E-state index in [1.165, 1.54) is 18.2 Å². The largest absolute Gasteiger partial charge is 0.416 e. The molecule has 3 rings (SSSR count). The SMILES string of the molecule is O=[N+]([O-])c1ccc(CN(Cc2ccc(Cl)cc2)Cc2ccc(C(F)(F)F)cc2)s1. The van der Waals surface area contributed by atoms with E-state index in [2.05, 4.69) is 0 Å². The van der Waals surface area contributed by atoms with Gasteiger partial charge in [-0.15, -0.1) is 0 Å². The molecular formula is C20H16ClF3N2O2S. The van der Waals surface area contributed by atoms with Crippen LogP contribution in [0.1, 0.15) is 21.6 Å². The van der Waals surface area contributed by atoms with Crippen LogP contribution in [0.3, 0.4) is 0 Å². The smallest absolute Gasteiger partial charge is 0.290 e. The highest BCUT2D eigenvalue weighted by atomic mass is 35.5. The van der Waals surface area contributed by atoms with Crippen molar-refractivity contribution in [1.82, 2.24) is 4.90 Å². The molecule has 0 unspecified atom stereocenters. The van der Waals surface area contributed by atoms with Crippen LogP contribution in [0.15, 0.2) is 60.7 Å². The second kappa shape index (κ2) is 8.94. The van der Waals surface area contributed by atoms with E-state index in [1.54, 1.807) is 18.2 Å². The molecule has 0 radical (unpaired) electrons. The molecule has 0 aliphatic heterocycles. The number of hydrogen-bond donors (Lipinski definition) is 0.